The Hall–Kier alpha value is -3.53. The van der Waals surface area contributed by atoms with E-state index in [2.05, 4.69) is 32.6 Å². The number of hydrogen-bond acceptors (Lipinski definition) is 8. The number of nitrogens with zero attached hydrogens (tertiary/aromatic N) is 4. The SMILES string of the molecule is C/C(=C\N=C1CN=C(c2ccccc2NC(=O)c2cc(C3=CC=CC=CC3)no2)S1)CN1CCNCC1. The molecule has 0 unspecified atom stereocenters. The number of rotatable bonds is 7. The van der Waals surface area contributed by atoms with Crippen LogP contribution in [0.4, 0.5) is 5.69 Å². The Labute approximate surface area is 221 Å². The van der Waals surface area contributed by atoms with Crippen LogP contribution in [0.3, 0.4) is 0 Å². The molecule has 2 N–H and O–H groups in total. The number of piperazine rings is 1. The normalized spacial score (nSPS) is 19.6. The second-order valence-electron chi connectivity index (χ2n) is 9.03. The molecule has 190 valence electrons. The molecule has 2 aromatic rings. The Morgan fingerprint density at radius 2 is 2.11 bits per heavy atom. The summed E-state index contributed by atoms with van der Waals surface area (Å²) in [5.74, 6) is -0.188. The second-order valence-corrected chi connectivity index (χ2v) is 10.1. The standard InChI is InChI=1S/C28H30N6O2S/c1-20(19-34-14-12-29-13-15-34)17-30-26-18-31-28(37-26)22-10-6-7-11-23(22)32-27(35)25-16-24(33-36-25)21-8-4-2-3-5-9-21/h2-8,10-11,16-17,29H,9,12-15,18-19H2,1H3,(H,32,35)/b20-17+,30-26?. The van der Waals surface area contributed by atoms with E-state index in [1.54, 1.807) is 6.07 Å². The molecule has 9 heteroatoms. The minimum Gasteiger partial charge on any atom is -0.350 e. The predicted octanol–water partition coefficient (Wildman–Crippen LogP) is 4.53. The fourth-order valence-electron chi connectivity index (χ4n) is 4.23. The molecule has 1 aromatic heterocycles. The molecule has 8 nitrogen and oxygen atoms in total. The zero-order valence-electron chi connectivity index (χ0n) is 20.8. The number of thioether (sulfide) groups is 1. The summed E-state index contributed by atoms with van der Waals surface area (Å²) in [6, 6.07) is 9.32. The van der Waals surface area contributed by atoms with Crippen LogP contribution in [0.2, 0.25) is 0 Å². The minimum atomic E-state index is -0.351. The molecule has 1 amide bonds. The van der Waals surface area contributed by atoms with Crippen molar-refractivity contribution in [2.45, 2.75) is 13.3 Å². The molecule has 37 heavy (non-hydrogen) atoms. The predicted molar refractivity (Wildman–Crippen MR) is 151 cm³/mol. The first-order valence-electron chi connectivity index (χ1n) is 12.4. The summed E-state index contributed by atoms with van der Waals surface area (Å²) in [7, 11) is 0. The van der Waals surface area contributed by atoms with E-state index in [-0.39, 0.29) is 11.7 Å². The first-order valence-corrected chi connectivity index (χ1v) is 13.3. The topological polar surface area (TPSA) is 95.1 Å². The Balaban J connectivity index is 1.23. The van der Waals surface area contributed by atoms with Gasteiger partial charge in [-0.15, -0.1) is 0 Å². The van der Waals surface area contributed by atoms with Gasteiger partial charge >= 0.3 is 0 Å². The maximum Gasteiger partial charge on any atom is 0.294 e. The van der Waals surface area contributed by atoms with Gasteiger partial charge in [0.1, 0.15) is 15.8 Å². The van der Waals surface area contributed by atoms with Crippen molar-refractivity contribution in [1.82, 2.24) is 15.4 Å². The lowest BCUT2D eigenvalue weighted by molar-refractivity contribution is 0.0988. The van der Waals surface area contributed by atoms with Crippen molar-refractivity contribution in [2.24, 2.45) is 9.98 Å². The number of aliphatic imine (C=N–C) groups is 2. The van der Waals surface area contributed by atoms with Gasteiger partial charge in [-0.05, 0) is 30.6 Å². The van der Waals surface area contributed by atoms with Gasteiger partial charge in [0.2, 0.25) is 5.76 Å². The van der Waals surface area contributed by atoms with E-state index >= 15 is 0 Å². The largest absolute Gasteiger partial charge is 0.350 e. The summed E-state index contributed by atoms with van der Waals surface area (Å²) in [4.78, 5) is 24.8. The number of carbonyl (C=O) groups is 1. The number of nitrogens with one attached hydrogen (secondary N) is 2. The van der Waals surface area contributed by atoms with Crippen molar-refractivity contribution in [3.05, 3.63) is 89.5 Å². The lowest BCUT2D eigenvalue weighted by Gasteiger charge is -2.27. The third-order valence-corrected chi connectivity index (χ3v) is 7.16. The number of allylic oxidation sites excluding steroid dienone is 6. The van der Waals surface area contributed by atoms with E-state index in [0.717, 1.165) is 60.4 Å². The minimum absolute atomic E-state index is 0.163. The molecule has 0 bridgehead atoms. The van der Waals surface area contributed by atoms with Crippen LogP contribution in [0.15, 0.2) is 87.0 Å². The van der Waals surface area contributed by atoms with Gasteiger partial charge in [-0.2, -0.15) is 0 Å². The number of hydrogen-bond donors (Lipinski definition) is 2. The Bertz CT molecular complexity index is 1330. The highest BCUT2D eigenvalue weighted by Gasteiger charge is 2.21. The summed E-state index contributed by atoms with van der Waals surface area (Å²) >= 11 is 1.54. The van der Waals surface area contributed by atoms with Gasteiger partial charge in [0.25, 0.3) is 5.91 Å². The van der Waals surface area contributed by atoms with Crippen molar-refractivity contribution < 1.29 is 9.32 Å². The van der Waals surface area contributed by atoms with Crippen molar-refractivity contribution in [2.75, 3.05) is 44.6 Å². The van der Waals surface area contributed by atoms with Gasteiger partial charge < -0.3 is 15.2 Å². The first kappa shape index (κ1) is 25.1. The number of para-hydroxylation sites is 1. The van der Waals surface area contributed by atoms with E-state index in [0.29, 0.717) is 17.9 Å². The number of amides is 1. The van der Waals surface area contributed by atoms with Gasteiger partial charge in [-0.3, -0.25) is 19.7 Å². The number of anilines is 1. The van der Waals surface area contributed by atoms with Crippen LogP contribution in [0.25, 0.3) is 5.57 Å². The summed E-state index contributed by atoms with van der Waals surface area (Å²) < 4.78 is 5.36. The van der Waals surface area contributed by atoms with Gasteiger partial charge in [0.05, 0.1) is 12.2 Å². The van der Waals surface area contributed by atoms with Gasteiger partial charge in [0, 0.05) is 50.6 Å². The van der Waals surface area contributed by atoms with E-state index in [1.807, 2.05) is 60.8 Å². The van der Waals surface area contributed by atoms with Crippen LogP contribution in [0, 0.1) is 0 Å². The third-order valence-electron chi connectivity index (χ3n) is 6.15. The van der Waals surface area contributed by atoms with Crippen LogP contribution in [0.5, 0.6) is 0 Å². The second kappa shape index (κ2) is 12.1. The molecular weight excluding hydrogens is 484 g/mol. The van der Waals surface area contributed by atoms with E-state index in [1.165, 1.54) is 17.3 Å². The van der Waals surface area contributed by atoms with E-state index in [4.69, 9.17) is 9.52 Å². The van der Waals surface area contributed by atoms with Crippen molar-refractivity contribution >= 4 is 39.0 Å². The number of carbonyl (C=O) groups excluding carboxylic acids is 1. The summed E-state index contributed by atoms with van der Waals surface area (Å²) in [5, 5.41) is 12.2. The van der Waals surface area contributed by atoms with Crippen LogP contribution in [-0.4, -0.2) is 65.3 Å². The molecule has 2 aliphatic heterocycles. The molecule has 0 spiro atoms. The molecule has 0 atom stereocenters. The number of aromatic nitrogens is 1. The molecule has 1 aromatic carbocycles. The molecule has 1 saturated heterocycles. The van der Waals surface area contributed by atoms with Crippen molar-refractivity contribution in [1.29, 1.82) is 0 Å². The van der Waals surface area contributed by atoms with Gasteiger partial charge in [-0.25, -0.2) is 0 Å². The maximum atomic E-state index is 13.0. The van der Waals surface area contributed by atoms with Crippen LogP contribution >= 0.6 is 11.8 Å². The van der Waals surface area contributed by atoms with Crippen LogP contribution in [-0.2, 0) is 0 Å². The quantitative estimate of drug-likeness (QED) is 0.564. The Kier molecular flexibility index (Phi) is 8.25. The highest BCUT2D eigenvalue weighted by Crippen LogP contribution is 2.28. The fourth-order valence-corrected chi connectivity index (χ4v) is 5.11. The lowest BCUT2D eigenvalue weighted by Crippen LogP contribution is -2.43. The van der Waals surface area contributed by atoms with Gasteiger partial charge in [0.15, 0.2) is 0 Å². The summed E-state index contributed by atoms with van der Waals surface area (Å²) in [6.45, 7) is 7.78. The summed E-state index contributed by atoms with van der Waals surface area (Å²) in [5.41, 5.74) is 4.41. The summed E-state index contributed by atoms with van der Waals surface area (Å²) in [6.07, 6.45) is 12.6. The Morgan fingerprint density at radius 1 is 1.24 bits per heavy atom. The van der Waals surface area contributed by atoms with Crippen molar-refractivity contribution in [3.8, 4) is 0 Å². The van der Waals surface area contributed by atoms with Crippen LogP contribution < -0.4 is 10.6 Å². The zero-order chi connectivity index (χ0) is 25.5. The van der Waals surface area contributed by atoms with E-state index < -0.39 is 0 Å². The first-order chi connectivity index (χ1) is 18.2. The van der Waals surface area contributed by atoms with Crippen molar-refractivity contribution in [3.63, 3.8) is 0 Å². The highest BCUT2D eigenvalue weighted by atomic mass is 32.2. The molecule has 0 saturated carbocycles. The monoisotopic (exact) mass is 514 g/mol. The number of benzene rings is 1. The Morgan fingerprint density at radius 3 is 3.00 bits per heavy atom. The van der Waals surface area contributed by atoms with Crippen LogP contribution in [0.1, 0.15) is 35.2 Å². The molecule has 3 aliphatic rings. The molecule has 5 rings (SSSR count). The average molecular weight is 515 g/mol. The maximum absolute atomic E-state index is 13.0. The fraction of sp³-hybridized carbons (Fsp3) is 0.286. The van der Waals surface area contributed by atoms with Gasteiger partial charge in [-0.1, -0.05) is 65.5 Å². The smallest absolute Gasteiger partial charge is 0.294 e. The molecule has 1 aliphatic carbocycles. The molecular formula is C28H30N6O2S. The average Bonchev–Trinajstić information content (AvgIpc) is 3.52. The molecule has 0 radical (unpaired) electrons. The molecule has 1 fully saturated rings. The third kappa shape index (κ3) is 6.62. The lowest BCUT2D eigenvalue weighted by atomic mass is 10.1. The zero-order valence-corrected chi connectivity index (χ0v) is 21.6. The molecule has 3 heterocycles. The van der Waals surface area contributed by atoms with E-state index in [9.17, 15) is 4.79 Å². The highest BCUT2D eigenvalue weighted by molar-refractivity contribution is 8.27.